The maximum absolute atomic E-state index is 15.3. The van der Waals surface area contributed by atoms with Crippen molar-refractivity contribution in [1.82, 2.24) is 55.3 Å². The number of nitrogens with zero attached hydrogens (tertiary/aromatic N) is 10. The number of rotatable bonds is 30. The van der Waals surface area contributed by atoms with E-state index >= 15 is 4.39 Å². The molecule has 0 bridgehead atoms. The minimum atomic E-state index is -1.14. The predicted molar refractivity (Wildman–Crippen MR) is 387 cm³/mol. The lowest BCUT2D eigenvalue weighted by Crippen LogP contribution is -2.58. The summed E-state index contributed by atoms with van der Waals surface area (Å²) in [5.41, 5.74) is 8.28. The van der Waals surface area contributed by atoms with E-state index in [0.717, 1.165) is 43.0 Å². The molecule has 0 aliphatic carbocycles. The molecule has 25 nitrogen and oxygen atoms in total. The van der Waals surface area contributed by atoms with Crippen LogP contribution < -0.4 is 25.6 Å². The largest absolute Gasteiger partial charge is 0.491 e. The van der Waals surface area contributed by atoms with E-state index in [1.807, 2.05) is 98.2 Å². The predicted octanol–water partition coefficient (Wildman–Crippen LogP) is 8.41. The van der Waals surface area contributed by atoms with Gasteiger partial charge in [-0.1, -0.05) is 105 Å². The Kier molecular flexibility index (Phi) is 26.4. The van der Waals surface area contributed by atoms with Gasteiger partial charge in [-0.15, -0.1) is 27.8 Å². The number of halogens is 1. The van der Waals surface area contributed by atoms with Crippen LogP contribution in [-0.4, -0.2) is 194 Å². The Balaban J connectivity index is 0.0000112. The van der Waals surface area contributed by atoms with Gasteiger partial charge in [0.15, 0.2) is 27.5 Å². The van der Waals surface area contributed by atoms with Gasteiger partial charge in [0.25, 0.3) is 5.91 Å². The molecule has 8 aromatic rings. The van der Waals surface area contributed by atoms with Crippen molar-refractivity contribution in [2.75, 3.05) is 95.7 Å². The normalized spacial score (nSPS) is 15.6. The first-order valence-corrected chi connectivity index (χ1v) is 36.2. The number of aromatic carboxylic acids is 1. The van der Waals surface area contributed by atoms with E-state index in [1.54, 1.807) is 45.9 Å². The van der Waals surface area contributed by atoms with Crippen molar-refractivity contribution in [3.63, 3.8) is 0 Å². The number of β-amino-alcohol motifs (C(OH)–C–C–N with tert-alkyl or cyclic N) is 1. The zero-order valence-electron chi connectivity index (χ0n) is 56.8. The summed E-state index contributed by atoms with van der Waals surface area (Å²) in [6, 6.07) is 23.9. The van der Waals surface area contributed by atoms with Crippen LogP contribution in [0.1, 0.15) is 113 Å². The van der Waals surface area contributed by atoms with Gasteiger partial charge in [0, 0.05) is 87.7 Å². The summed E-state index contributed by atoms with van der Waals surface area (Å²) in [4.78, 5) is 102. The minimum absolute atomic E-state index is 0. The van der Waals surface area contributed by atoms with E-state index in [2.05, 4.69) is 58.0 Å². The fourth-order valence-electron chi connectivity index (χ4n) is 12.1. The molecule has 7 heterocycles. The molecule has 5 N–H and O–H groups in total. The summed E-state index contributed by atoms with van der Waals surface area (Å²) < 4.78 is 40.6. The Hall–Kier alpha value is -9.12. The summed E-state index contributed by atoms with van der Waals surface area (Å²) in [5.74, 6) is 2.98. The highest BCUT2D eigenvalue weighted by molar-refractivity contribution is 7.22. The van der Waals surface area contributed by atoms with E-state index in [9.17, 15) is 39.0 Å². The Morgan fingerprint density at radius 3 is 2.41 bits per heavy atom. The maximum Gasteiger partial charge on any atom is 0.355 e. The third kappa shape index (κ3) is 20.1. The summed E-state index contributed by atoms with van der Waals surface area (Å²) >= 11 is 4.27. The summed E-state index contributed by atoms with van der Waals surface area (Å²) in [5, 5.41) is 38.8. The first-order valence-electron chi connectivity index (χ1n) is 33.6. The number of nitrogens with one attached hydrogen (secondary N) is 3. The van der Waals surface area contributed by atoms with Crippen molar-refractivity contribution in [2.24, 2.45) is 5.41 Å². The van der Waals surface area contributed by atoms with Crippen molar-refractivity contribution in [1.29, 1.82) is 0 Å². The van der Waals surface area contributed by atoms with Crippen LogP contribution in [0.25, 0.3) is 20.7 Å². The standard InChI is InChI=1S/C72H82FN13O12S3.CH4/c1-46-64(99-45-75-46)50-21-18-48(19-22-50)39-74-67(91)57-38-52(87)41-86(57)68(92)65(72(2,3)4)77-61(88)44-97-36-34-95-33-35-96-43-51-40-85(81-80-51)26-9-17-62(89)83-30-28-82(29-31-83)25-8-11-47-20-23-58(55(73)37-47)98-32-10-16-60-63(69(93)94)78-71(101-60)84-27-24-49-12-7-13-53(54(49)42-84)66(90)79-70-76-56-14-5-6-15-59(56)100-70;/h5-7,12-15,18-23,37,40,45,52,57,65,87H,9-10,16-17,24-36,38-39,41-44H2,1-4H3,(H,74,91)(H,77,88)(H,93,94)(H,76,79,90);1H4/t52-,57+,65-;/m1./s1. The molecule has 4 aromatic heterocycles. The Labute approximate surface area is 603 Å². The number of carboxylic acids is 1. The molecule has 11 rings (SSSR count). The third-order valence-corrected chi connectivity index (χ3v) is 20.6. The number of thiazole rings is 3. The number of piperazine rings is 1. The summed E-state index contributed by atoms with van der Waals surface area (Å²) in [6.45, 7) is 12.9. The topological polar surface area (TPSA) is 298 Å². The number of aryl methyl sites for hydroxylation is 3. The Morgan fingerprint density at radius 2 is 1.66 bits per heavy atom. The monoisotopic (exact) mass is 1450 g/mol. The van der Waals surface area contributed by atoms with Gasteiger partial charge in [0.1, 0.15) is 24.4 Å². The number of carbonyl (C=O) groups is 6. The highest BCUT2D eigenvalue weighted by atomic mass is 32.1. The third-order valence-electron chi connectivity index (χ3n) is 17.5. The maximum atomic E-state index is 15.3. The first kappa shape index (κ1) is 75.5. The molecule has 2 saturated heterocycles. The Bertz CT molecular complexity index is 4250. The van der Waals surface area contributed by atoms with Crippen LogP contribution in [0.3, 0.4) is 0 Å². The number of hydrogen-bond donors (Lipinski definition) is 5. The van der Waals surface area contributed by atoms with E-state index in [1.165, 1.54) is 33.6 Å². The molecule has 3 aliphatic heterocycles. The van der Waals surface area contributed by atoms with E-state index in [0.29, 0.717) is 116 Å². The van der Waals surface area contributed by atoms with Gasteiger partial charge in [-0.3, -0.25) is 38.9 Å². The molecule has 3 atom stereocenters. The number of hydrogen-bond acceptors (Lipinski definition) is 21. The number of aromatic nitrogens is 6. The van der Waals surface area contributed by atoms with Gasteiger partial charge < -0.3 is 54.5 Å². The minimum Gasteiger partial charge on any atom is -0.491 e. The van der Waals surface area contributed by atoms with Crippen LogP contribution in [0.5, 0.6) is 5.75 Å². The lowest BCUT2D eigenvalue weighted by Gasteiger charge is -2.35. The zero-order valence-corrected chi connectivity index (χ0v) is 59.2. The highest BCUT2D eigenvalue weighted by Crippen LogP contribution is 2.35. The quantitative estimate of drug-likeness (QED) is 0.0208. The first-order chi connectivity index (χ1) is 48.8. The summed E-state index contributed by atoms with van der Waals surface area (Å²) in [6.07, 6.45) is 3.32. The average molecular weight is 1450 g/mol. The number of amides is 5. The van der Waals surface area contributed by atoms with Crippen molar-refractivity contribution in [2.45, 2.75) is 118 Å². The molecule has 4 aromatic carbocycles. The van der Waals surface area contributed by atoms with Crippen molar-refractivity contribution in [3.8, 4) is 28.0 Å². The van der Waals surface area contributed by atoms with Crippen molar-refractivity contribution in [3.05, 3.63) is 152 Å². The molecular formula is C73H86FN13O12S3. The number of fused-ring (bicyclic) bond motifs is 2. The van der Waals surface area contributed by atoms with Crippen LogP contribution in [0, 0.1) is 30.0 Å². The number of likely N-dealkylation sites (tertiary alicyclic amines) is 1. The van der Waals surface area contributed by atoms with Crippen molar-refractivity contribution < 1.29 is 62.3 Å². The smallest absolute Gasteiger partial charge is 0.355 e. The van der Waals surface area contributed by atoms with Crippen LogP contribution >= 0.6 is 34.0 Å². The van der Waals surface area contributed by atoms with Gasteiger partial charge in [-0.2, -0.15) is 0 Å². The number of aliphatic hydroxyl groups excluding tert-OH is 1. The molecule has 0 saturated carbocycles. The SMILES string of the molecule is C.Cc1ncsc1-c1ccc(CNC(=O)[C@@H]2C[C@@H](O)CN2C(=O)[C@@H](NC(=O)COCCOCCOCc2cn(CCCC(=O)N3CCN(CC#Cc4ccc(OCCCc5sc(N6CCc7cccc(C(=O)Nc8nc9ccccc9s8)c7C6)nc5C(=O)O)c(F)c4)CC3)nn2)C(C)(C)C)cc1. The lowest BCUT2D eigenvalue weighted by atomic mass is 9.85. The van der Waals surface area contributed by atoms with Gasteiger partial charge in [0.2, 0.25) is 23.6 Å². The molecule has 2 fully saturated rings. The fourth-order valence-corrected chi connectivity index (χ4v) is 14.9. The lowest BCUT2D eigenvalue weighted by molar-refractivity contribution is -0.144. The molecule has 3 aliphatic rings. The van der Waals surface area contributed by atoms with Crippen LogP contribution in [0.4, 0.5) is 14.7 Å². The second-order valence-electron chi connectivity index (χ2n) is 25.9. The van der Waals surface area contributed by atoms with Crippen molar-refractivity contribution >= 4 is 90.0 Å². The molecule has 0 unspecified atom stereocenters. The zero-order chi connectivity index (χ0) is 71.0. The fraction of sp³-hybridized carbons (Fsp3) is 0.438. The molecular weight excluding hydrogens is 1370 g/mol. The second kappa shape index (κ2) is 35.7. The van der Waals surface area contributed by atoms with E-state index in [4.69, 9.17) is 18.9 Å². The van der Waals surface area contributed by atoms with E-state index < -0.39 is 47.2 Å². The molecule has 0 spiro atoms. The van der Waals surface area contributed by atoms with Crippen LogP contribution in [-0.2, 0) is 72.5 Å². The van der Waals surface area contributed by atoms with Crippen LogP contribution in [0.2, 0.25) is 0 Å². The number of carboxylic acid groups (broad SMARTS) is 1. The number of anilines is 2. The van der Waals surface area contributed by atoms with Crippen LogP contribution in [0.15, 0.2) is 96.6 Å². The number of carbonyl (C=O) groups excluding carboxylic acids is 5. The molecule has 0 radical (unpaired) electrons. The van der Waals surface area contributed by atoms with E-state index in [-0.39, 0.29) is 102 Å². The van der Waals surface area contributed by atoms with Gasteiger partial charge in [-0.25, -0.2) is 24.1 Å². The molecule has 102 heavy (non-hydrogen) atoms. The molecule has 540 valence electrons. The number of aliphatic hydroxyl groups is 1. The summed E-state index contributed by atoms with van der Waals surface area (Å²) in [7, 11) is 0. The second-order valence-corrected chi connectivity index (χ2v) is 28.9. The number of ether oxygens (including phenoxy) is 4. The van der Waals surface area contributed by atoms with Gasteiger partial charge >= 0.3 is 5.97 Å². The van der Waals surface area contributed by atoms with Gasteiger partial charge in [-0.05, 0) is 96.7 Å². The molecule has 29 heteroatoms. The Morgan fingerprint density at radius 1 is 0.873 bits per heavy atom. The average Bonchev–Trinajstić information content (AvgIpc) is 1.42. The highest BCUT2D eigenvalue weighted by Gasteiger charge is 2.44. The number of benzene rings is 4. The van der Waals surface area contributed by atoms with Gasteiger partial charge in [0.05, 0.1) is 84.8 Å². The molecule has 5 amide bonds. The number of para-hydroxylation sites is 1.